The molecule has 1 heterocycles. The number of hydrogen-bond donors (Lipinski definition) is 2. The second-order valence-electron chi connectivity index (χ2n) is 7.31. The van der Waals surface area contributed by atoms with Crippen LogP contribution < -0.4 is 10.6 Å². The Balaban J connectivity index is 1.45. The molecule has 3 amide bonds. The predicted octanol–water partition coefficient (Wildman–Crippen LogP) is 4.06. The predicted molar refractivity (Wildman–Crippen MR) is 108 cm³/mol. The molecule has 6 heteroatoms. The topological polar surface area (TPSA) is 61.4 Å². The Hall–Kier alpha value is -2.89. The Labute approximate surface area is 164 Å². The molecule has 2 aromatic rings. The lowest BCUT2D eigenvalue weighted by atomic mass is 9.98. The van der Waals surface area contributed by atoms with Crippen LogP contribution in [0.25, 0.3) is 0 Å². The molecule has 0 radical (unpaired) electrons. The maximum atomic E-state index is 12.9. The number of likely N-dealkylation sites (tertiary alicyclic amines) is 1. The number of carbonyl (C=O) groups is 2. The second kappa shape index (κ2) is 9.35. The van der Waals surface area contributed by atoms with Crippen LogP contribution in [0.15, 0.2) is 48.5 Å². The fraction of sp³-hybridized carbons (Fsp3) is 0.364. The van der Waals surface area contributed by atoms with Crippen molar-refractivity contribution in [3.63, 3.8) is 0 Å². The summed E-state index contributed by atoms with van der Waals surface area (Å²) in [6.45, 7) is 4.27. The first-order valence-electron chi connectivity index (χ1n) is 9.70. The molecule has 3 rings (SSSR count). The van der Waals surface area contributed by atoms with Gasteiger partial charge in [-0.05, 0) is 67.1 Å². The second-order valence-corrected chi connectivity index (χ2v) is 7.31. The van der Waals surface area contributed by atoms with Gasteiger partial charge in [-0.2, -0.15) is 0 Å². The molecular formula is C22H26FN3O2. The van der Waals surface area contributed by atoms with Crippen molar-refractivity contribution in [2.45, 2.75) is 26.2 Å². The average Bonchev–Trinajstić information content (AvgIpc) is 2.70. The van der Waals surface area contributed by atoms with Crippen LogP contribution in [0.4, 0.5) is 14.9 Å². The number of nitrogens with zero attached hydrogens (tertiary/aromatic N) is 1. The summed E-state index contributed by atoms with van der Waals surface area (Å²) in [5.74, 6) is 0.450. The normalized spacial score (nSPS) is 14.6. The van der Waals surface area contributed by atoms with Gasteiger partial charge in [-0.15, -0.1) is 0 Å². The van der Waals surface area contributed by atoms with Gasteiger partial charge >= 0.3 is 6.03 Å². The van der Waals surface area contributed by atoms with E-state index in [-0.39, 0.29) is 17.8 Å². The van der Waals surface area contributed by atoms with E-state index in [1.165, 1.54) is 12.1 Å². The Morgan fingerprint density at radius 2 is 1.68 bits per heavy atom. The number of nitrogens with one attached hydrogen (secondary N) is 2. The highest BCUT2D eigenvalue weighted by atomic mass is 19.1. The molecule has 0 spiro atoms. The minimum Gasteiger partial charge on any atom is -0.339 e. The number of anilines is 1. The lowest BCUT2D eigenvalue weighted by Gasteiger charge is -2.30. The first kappa shape index (κ1) is 19.9. The van der Waals surface area contributed by atoms with Crippen molar-refractivity contribution < 1.29 is 14.0 Å². The molecule has 1 aliphatic heterocycles. The lowest BCUT2D eigenvalue weighted by molar-refractivity contribution is 0.0697. The first-order valence-corrected chi connectivity index (χ1v) is 9.70. The molecule has 0 unspecified atom stereocenters. The molecule has 0 aromatic heterocycles. The standard InChI is InChI=1S/C22H26FN3O2/c1-16-11-14-26(15-12-16)21(27)18-4-8-20(9-5-18)25-22(28)24-13-10-17-2-6-19(23)7-3-17/h2-9,16H,10-15H2,1H3,(H2,24,25,28). The van der Waals surface area contributed by atoms with Gasteiger partial charge in [0.15, 0.2) is 0 Å². The summed E-state index contributed by atoms with van der Waals surface area (Å²) in [5, 5.41) is 5.52. The van der Waals surface area contributed by atoms with Crippen LogP contribution in [0.3, 0.4) is 0 Å². The molecule has 5 nitrogen and oxygen atoms in total. The van der Waals surface area contributed by atoms with Gasteiger partial charge in [-0.3, -0.25) is 4.79 Å². The largest absolute Gasteiger partial charge is 0.339 e. The van der Waals surface area contributed by atoms with Crippen molar-refractivity contribution in [1.29, 1.82) is 0 Å². The van der Waals surface area contributed by atoms with E-state index in [0.29, 0.717) is 30.1 Å². The molecule has 1 saturated heterocycles. The summed E-state index contributed by atoms with van der Waals surface area (Å²) in [5.41, 5.74) is 2.22. The summed E-state index contributed by atoms with van der Waals surface area (Å²) in [6, 6.07) is 12.9. The highest BCUT2D eigenvalue weighted by Gasteiger charge is 2.21. The van der Waals surface area contributed by atoms with E-state index in [0.717, 1.165) is 31.5 Å². The van der Waals surface area contributed by atoms with Gasteiger partial charge in [0.25, 0.3) is 5.91 Å². The van der Waals surface area contributed by atoms with Gasteiger partial charge in [-0.1, -0.05) is 19.1 Å². The minimum atomic E-state index is -0.314. The zero-order chi connectivity index (χ0) is 19.9. The summed E-state index contributed by atoms with van der Waals surface area (Å²) < 4.78 is 12.9. The smallest absolute Gasteiger partial charge is 0.319 e. The first-order chi connectivity index (χ1) is 13.5. The highest BCUT2D eigenvalue weighted by molar-refractivity contribution is 5.95. The number of benzene rings is 2. The minimum absolute atomic E-state index is 0.0437. The summed E-state index contributed by atoms with van der Waals surface area (Å²) in [4.78, 5) is 26.4. The highest BCUT2D eigenvalue weighted by Crippen LogP contribution is 2.19. The van der Waals surface area contributed by atoms with E-state index in [4.69, 9.17) is 0 Å². The third-order valence-electron chi connectivity index (χ3n) is 5.07. The molecule has 148 valence electrons. The maximum absolute atomic E-state index is 12.9. The van der Waals surface area contributed by atoms with Crippen molar-refractivity contribution in [1.82, 2.24) is 10.2 Å². The van der Waals surface area contributed by atoms with Crippen LogP contribution >= 0.6 is 0 Å². The third kappa shape index (κ3) is 5.55. The number of rotatable bonds is 5. The molecule has 0 bridgehead atoms. The molecule has 2 N–H and O–H groups in total. The van der Waals surface area contributed by atoms with Crippen molar-refractivity contribution in [3.8, 4) is 0 Å². The molecule has 1 fully saturated rings. The van der Waals surface area contributed by atoms with Crippen molar-refractivity contribution in [2.75, 3.05) is 25.0 Å². The number of hydrogen-bond acceptors (Lipinski definition) is 2. The Kier molecular flexibility index (Phi) is 6.63. The number of urea groups is 1. The lowest BCUT2D eigenvalue weighted by Crippen LogP contribution is -2.37. The fourth-order valence-electron chi connectivity index (χ4n) is 3.24. The number of amides is 3. The van der Waals surface area contributed by atoms with Gasteiger partial charge in [-0.25, -0.2) is 9.18 Å². The number of carbonyl (C=O) groups excluding carboxylic acids is 2. The quantitative estimate of drug-likeness (QED) is 0.818. The van der Waals surface area contributed by atoms with Gasteiger partial charge in [0.1, 0.15) is 5.82 Å². The summed E-state index contributed by atoms with van der Waals surface area (Å²) in [6.07, 6.45) is 2.71. The van der Waals surface area contributed by atoms with Crippen LogP contribution in [-0.2, 0) is 6.42 Å². The molecule has 0 atom stereocenters. The van der Waals surface area contributed by atoms with Gasteiger partial charge in [0.05, 0.1) is 0 Å². The molecule has 2 aromatic carbocycles. The third-order valence-corrected chi connectivity index (χ3v) is 5.07. The van der Waals surface area contributed by atoms with Crippen molar-refractivity contribution >= 4 is 17.6 Å². The monoisotopic (exact) mass is 383 g/mol. The van der Waals surface area contributed by atoms with E-state index in [1.807, 2.05) is 4.90 Å². The van der Waals surface area contributed by atoms with E-state index in [2.05, 4.69) is 17.6 Å². The molecule has 0 aliphatic carbocycles. The van der Waals surface area contributed by atoms with Crippen LogP contribution in [0.2, 0.25) is 0 Å². The Bertz CT molecular complexity index is 798. The average molecular weight is 383 g/mol. The maximum Gasteiger partial charge on any atom is 0.319 e. The zero-order valence-electron chi connectivity index (χ0n) is 16.1. The molecule has 1 aliphatic rings. The van der Waals surface area contributed by atoms with Crippen molar-refractivity contribution in [2.24, 2.45) is 5.92 Å². The summed E-state index contributed by atoms with van der Waals surface area (Å²) >= 11 is 0. The molecule has 0 saturated carbocycles. The fourth-order valence-corrected chi connectivity index (χ4v) is 3.24. The van der Waals surface area contributed by atoms with Gasteiger partial charge in [0, 0.05) is 30.9 Å². The van der Waals surface area contributed by atoms with E-state index < -0.39 is 0 Å². The Morgan fingerprint density at radius 1 is 1.04 bits per heavy atom. The van der Waals surface area contributed by atoms with Crippen LogP contribution in [0.5, 0.6) is 0 Å². The van der Waals surface area contributed by atoms with Crippen LogP contribution in [0, 0.1) is 11.7 Å². The van der Waals surface area contributed by atoms with E-state index in [9.17, 15) is 14.0 Å². The SMILES string of the molecule is CC1CCN(C(=O)c2ccc(NC(=O)NCCc3ccc(F)cc3)cc2)CC1. The Morgan fingerprint density at radius 3 is 2.32 bits per heavy atom. The van der Waals surface area contributed by atoms with E-state index >= 15 is 0 Å². The van der Waals surface area contributed by atoms with Crippen LogP contribution in [0.1, 0.15) is 35.7 Å². The molecular weight excluding hydrogens is 357 g/mol. The zero-order valence-corrected chi connectivity index (χ0v) is 16.1. The van der Waals surface area contributed by atoms with E-state index in [1.54, 1.807) is 36.4 Å². The van der Waals surface area contributed by atoms with Gasteiger partial charge in [0.2, 0.25) is 0 Å². The molecule has 28 heavy (non-hydrogen) atoms. The summed E-state index contributed by atoms with van der Waals surface area (Å²) in [7, 11) is 0. The van der Waals surface area contributed by atoms with Crippen LogP contribution in [-0.4, -0.2) is 36.5 Å². The van der Waals surface area contributed by atoms with Gasteiger partial charge < -0.3 is 15.5 Å². The number of halogens is 1. The van der Waals surface area contributed by atoms with Crippen molar-refractivity contribution in [3.05, 3.63) is 65.5 Å². The number of piperidine rings is 1.